The first-order valence-corrected chi connectivity index (χ1v) is 15.3. The molecule has 2 N–H and O–H groups in total. The van der Waals surface area contributed by atoms with Crippen LogP contribution in [0, 0.1) is 0 Å². The Bertz CT molecular complexity index is 1710. The summed E-state index contributed by atoms with van der Waals surface area (Å²) < 4.78 is 13.7. The van der Waals surface area contributed by atoms with E-state index in [-0.39, 0.29) is 41.2 Å². The minimum absolute atomic E-state index is 0.0510. The van der Waals surface area contributed by atoms with Crippen molar-refractivity contribution >= 4 is 23.5 Å². The number of nitrogens with zero attached hydrogens (tertiary/aromatic N) is 5. The van der Waals surface area contributed by atoms with Gasteiger partial charge in [0.25, 0.3) is 0 Å². The SMILES string of the molecule is CCOC(=O)c1nc(NC(=O)N[C@H]2CC[C@@H](Oc3ccc4nnc(C5(C)CCC5)n4c3)c3ccccc32)cc(C(C)(C)C)n1. The zero-order chi connectivity index (χ0) is 31.1. The summed E-state index contributed by atoms with van der Waals surface area (Å²) in [5.74, 6) is 1.25. The Labute approximate surface area is 256 Å². The Morgan fingerprint density at radius 2 is 1.82 bits per heavy atom. The van der Waals surface area contributed by atoms with Gasteiger partial charge in [0.05, 0.1) is 24.5 Å². The van der Waals surface area contributed by atoms with Crippen molar-refractivity contribution in [3.8, 4) is 5.75 Å². The molecular formula is C33H39N7O4. The first kappa shape index (κ1) is 29.5. The number of anilines is 1. The highest BCUT2D eigenvalue weighted by Crippen LogP contribution is 2.43. The molecule has 0 unspecified atom stereocenters. The molecule has 1 fully saturated rings. The van der Waals surface area contributed by atoms with Crippen LogP contribution in [0.5, 0.6) is 5.75 Å². The van der Waals surface area contributed by atoms with Crippen molar-refractivity contribution in [2.75, 3.05) is 11.9 Å². The highest BCUT2D eigenvalue weighted by Gasteiger charge is 2.38. The zero-order valence-corrected chi connectivity index (χ0v) is 25.9. The summed E-state index contributed by atoms with van der Waals surface area (Å²) >= 11 is 0. The predicted molar refractivity (Wildman–Crippen MR) is 165 cm³/mol. The van der Waals surface area contributed by atoms with Crippen molar-refractivity contribution in [2.45, 2.75) is 89.7 Å². The summed E-state index contributed by atoms with van der Waals surface area (Å²) in [6.45, 7) is 10.1. The molecule has 230 valence electrons. The van der Waals surface area contributed by atoms with E-state index >= 15 is 0 Å². The maximum absolute atomic E-state index is 13.2. The smallest absolute Gasteiger partial charge is 0.376 e. The van der Waals surface area contributed by atoms with E-state index in [0.717, 1.165) is 41.2 Å². The number of carbonyl (C=O) groups is 2. The lowest BCUT2D eigenvalue weighted by Crippen LogP contribution is -2.36. The molecular weight excluding hydrogens is 558 g/mol. The molecule has 11 nitrogen and oxygen atoms in total. The van der Waals surface area contributed by atoms with Gasteiger partial charge in [-0.25, -0.2) is 19.6 Å². The van der Waals surface area contributed by atoms with E-state index in [4.69, 9.17) is 9.47 Å². The van der Waals surface area contributed by atoms with Crippen molar-refractivity contribution in [3.05, 3.63) is 77.1 Å². The molecule has 1 saturated carbocycles. The molecule has 0 spiro atoms. The quantitative estimate of drug-likeness (QED) is 0.240. The highest BCUT2D eigenvalue weighted by atomic mass is 16.5. The third-order valence-corrected chi connectivity index (χ3v) is 8.59. The number of pyridine rings is 1. The molecule has 3 aromatic heterocycles. The lowest BCUT2D eigenvalue weighted by Gasteiger charge is -2.36. The molecule has 2 aliphatic rings. The summed E-state index contributed by atoms with van der Waals surface area (Å²) in [6, 6.07) is 12.9. The lowest BCUT2D eigenvalue weighted by atomic mass is 9.70. The van der Waals surface area contributed by atoms with Crippen LogP contribution in [0.2, 0.25) is 0 Å². The first-order valence-electron chi connectivity index (χ1n) is 15.3. The van der Waals surface area contributed by atoms with Crippen LogP contribution in [0.15, 0.2) is 48.7 Å². The van der Waals surface area contributed by atoms with E-state index in [1.165, 1.54) is 6.42 Å². The summed E-state index contributed by atoms with van der Waals surface area (Å²) in [5.41, 5.74) is 3.14. The molecule has 2 atom stereocenters. The standard InChI is InChI=1S/C33H39N7O4/c1-6-43-29(41)28-35-25(32(2,3)4)18-26(36-28)37-31(42)34-23-13-14-24(22-11-8-7-10-21(22)23)44-20-12-15-27-38-39-30(40(27)19-20)33(5)16-9-17-33/h7-8,10-12,15,18-19,23-24H,6,9,13-14,16-17H2,1-5H3,(H2,34,35,36,37,42)/t23-,24+/m0/s1. The number of benzene rings is 1. The lowest BCUT2D eigenvalue weighted by molar-refractivity contribution is 0.0511. The Kier molecular flexibility index (Phi) is 7.73. The van der Waals surface area contributed by atoms with E-state index in [1.807, 2.05) is 57.3 Å². The number of esters is 1. The second kappa shape index (κ2) is 11.5. The molecule has 0 saturated heterocycles. The molecule has 0 bridgehead atoms. The average Bonchev–Trinajstić information content (AvgIpc) is 3.40. The van der Waals surface area contributed by atoms with E-state index in [1.54, 1.807) is 13.0 Å². The molecule has 44 heavy (non-hydrogen) atoms. The van der Waals surface area contributed by atoms with Gasteiger partial charge in [0.1, 0.15) is 23.5 Å². The van der Waals surface area contributed by atoms with Gasteiger partial charge in [-0.1, -0.05) is 58.4 Å². The maximum Gasteiger partial charge on any atom is 0.376 e. The number of aromatic nitrogens is 5. The molecule has 1 aromatic carbocycles. The molecule has 0 radical (unpaired) electrons. The number of rotatable bonds is 7. The van der Waals surface area contributed by atoms with Gasteiger partial charge in [-0.05, 0) is 55.9 Å². The largest absolute Gasteiger partial charge is 0.484 e. The van der Waals surface area contributed by atoms with Crippen molar-refractivity contribution in [1.29, 1.82) is 0 Å². The van der Waals surface area contributed by atoms with Crippen LogP contribution >= 0.6 is 0 Å². The topological polar surface area (TPSA) is 133 Å². The zero-order valence-electron chi connectivity index (χ0n) is 25.9. The molecule has 6 rings (SSSR count). The molecule has 11 heteroatoms. The maximum atomic E-state index is 13.2. The first-order chi connectivity index (χ1) is 21.0. The van der Waals surface area contributed by atoms with E-state index in [0.29, 0.717) is 18.5 Å². The fourth-order valence-corrected chi connectivity index (χ4v) is 5.96. The van der Waals surface area contributed by atoms with Crippen LogP contribution in [0.1, 0.15) is 112 Å². The molecule has 3 heterocycles. The fourth-order valence-electron chi connectivity index (χ4n) is 5.96. The minimum atomic E-state index is -0.633. The minimum Gasteiger partial charge on any atom is -0.484 e. The molecule has 2 amide bonds. The van der Waals surface area contributed by atoms with E-state index in [2.05, 4.69) is 48.2 Å². The normalized spacial score (nSPS) is 19.0. The number of hydrogen-bond donors (Lipinski definition) is 2. The average molecular weight is 598 g/mol. The van der Waals surface area contributed by atoms with E-state index in [9.17, 15) is 9.59 Å². The monoisotopic (exact) mass is 597 g/mol. The number of ether oxygens (including phenoxy) is 2. The van der Waals surface area contributed by atoms with Gasteiger partial charge in [0.2, 0.25) is 5.82 Å². The van der Waals surface area contributed by atoms with Crippen LogP contribution in [0.3, 0.4) is 0 Å². The van der Waals surface area contributed by atoms with Gasteiger partial charge in [-0.2, -0.15) is 0 Å². The van der Waals surface area contributed by atoms with Gasteiger partial charge in [-0.3, -0.25) is 9.72 Å². The Hall–Kier alpha value is -4.54. The number of carbonyl (C=O) groups excluding carboxylic acids is 2. The van der Waals surface area contributed by atoms with Crippen LogP contribution in [0.4, 0.5) is 10.6 Å². The Morgan fingerprint density at radius 1 is 1.05 bits per heavy atom. The molecule has 4 aromatic rings. The molecule has 2 aliphatic carbocycles. The second-order valence-corrected chi connectivity index (χ2v) is 12.9. The Morgan fingerprint density at radius 3 is 2.52 bits per heavy atom. The Balaban J connectivity index is 1.18. The number of hydrogen-bond acceptors (Lipinski definition) is 8. The number of fused-ring (bicyclic) bond motifs is 2. The summed E-state index contributed by atoms with van der Waals surface area (Å²) in [4.78, 5) is 34.3. The van der Waals surface area contributed by atoms with Crippen molar-refractivity contribution in [1.82, 2.24) is 29.9 Å². The number of nitrogens with one attached hydrogen (secondary N) is 2. The number of urea groups is 1. The van der Waals surface area contributed by atoms with Crippen LogP contribution in [-0.2, 0) is 15.6 Å². The van der Waals surface area contributed by atoms with Crippen LogP contribution < -0.4 is 15.4 Å². The van der Waals surface area contributed by atoms with Gasteiger partial charge >= 0.3 is 12.0 Å². The van der Waals surface area contributed by atoms with Gasteiger partial charge in [0, 0.05) is 16.9 Å². The van der Waals surface area contributed by atoms with Gasteiger partial charge < -0.3 is 14.8 Å². The third-order valence-electron chi connectivity index (χ3n) is 8.59. The van der Waals surface area contributed by atoms with Gasteiger partial charge in [-0.15, -0.1) is 10.2 Å². The van der Waals surface area contributed by atoms with Crippen molar-refractivity contribution in [2.24, 2.45) is 0 Å². The molecule has 0 aliphatic heterocycles. The second-order valence-electron chi connectivity index (χ2n) is 12.9. The summed E-state index contributed by atoms with van der Waals surface area (Å²) in [5, 5.41) is 14.8. The van der Waals surface area contributed by atoms with E-state index < -0.39 is 12.0 Å². The fraction of sp³-hybridized carbons (Fsp3) is 0.455. The third kappa shape index (κ3) is 5.82. The van der Waals surface area contributed by atoms with Crippen LogP contribution in [0.25, 0.3) is 5.65 Å². The highest BCUT2D eigenvalue weighted by molar-refractivity contribution is 5.90. The summed E-state index contributed by atoms with van der Waals surface area (Å²) in [7, 11) is 0. The van der Waals surface area contributed by atoms with Crippen molar-refractivity contribution in [3.63, 3.8) is 0 Å². The summed E-state index contributed by atoms with van der Waals surface area (Å²) in [6.07, 6.45) is 6.63. The van der Waals surface area contributed by atoms with Crippen molar-refractivity contribution < 1.29 is 19.1 Å². The number of amides is 2. The predicted octanol–water partition coefficient (Wildman–Crippen LogP) is 6.21. The van der Waals surface area contributed by atoms with Crippen LogP contribution in [-0.4, -0.2) is 43.2 Å². The van der Waals surface area contributed by atoms with Gasteiger partial charge in [0.15, 0.2) is 5.65 Å².